The third-order valence-corrected chi connectivity index (χ3v) is 2.87. The highest BCUT2D eigenvalue weighted by Gasteiger charge is 2.20. The Balaban J connectivity index is 0.000000686. The van der Waals surface area contributed by atoms with E-state index in [0.717, 1.165) is 15.7 Å². The van der Waals surface area contributed by atoms with E-state index in [1.54, 1.807) is 0 Å². The Bertz CT molecular complexity index is 468. The summed E-state index contributed by atoms with van der Waals surface area (Å²) in [4.78, 5) is 0. The van der Waals surface area contributed by atoms with Crippen LogP contribution in [0.4, 0.5) is 0 Å². The molecule has 0 aliphatic carbocycles. The highest BCUT2D eigenvalue weighted by molar-refractivity contribution is 7.14. The van der Waals surface area contributed by atoms with Gasteiger partial charge in [-0.1, -0.05) is 51.1 Å². The van der Waals surface area contributed by atoms with E-state index in [2.05, 4.69) is 36.1 Å². The average molecular weight is 253 g/mol. The summed E-state index contributed by atoms with van der Waals surface area (Å²) in [6.07, 6.45) is 0. The van der Waals surface area contributed by atoms with Gasteiger partial charge in [0.25, 0.3) is 0 Å². The van der Waals surface area contributed by atoms with Crippen molar-refractivity contribution < 1.29 is 4.52 Å². The molecule has 5 heteroatoms. The van der Waals surface area contributed by atoms with Gasteiger partial charge in [-0.3, -0.25) is 0 Å². The van der Waals surface area contributed by atoms with Crippen LogP contribution in [0.5, 0.6) is 0 Å². The number of aryl methyl sites for hydroxylation is 1. The lowest BCUT2D eigenvalue weighted by molar-refractivity contribution is 0.402. The Morgan fingerprint density at radius 2 is 1.82 bits per heavy atom. The zero-order chi connectivity index (χ0) is 13.1. The predicted octanol–water partition coefficient (Wildman–Crippen LogP) is 3.83. The minimum atomic E-state index is 0.00147. The van der Waals surface area contributed by atoms with Gasteiger partial charge < -0.3 is 4.52 Å². The van der Waals surface area contributed by atoms with Gasteiger partial charge in [-0.05, 0) is 6.92 Å². The molecule has 0 atom stereocenters. The Labute approximate surface area is 106 Å². The first-order valence-corrected chi connectivity index (χ1v) is 6.56. The Kier molecular flexibility index (Phi) is 4.40. The molecule has 0 amide bonds. The zero-order valence-corrected chi connectivity index (χ0v) is 12.1. The summed E-state index contributed by atoms with van der Waals surface area (Å²) in [7, 11) is 0. The quantitative estimate of drug-likeness (QED) is 0.775. The molecule has 0 spiro atoms. The van der Waals surface area contributed by atoms with Crippen LogP contribution in [0.3, 0.4) is 0 Å². The van der Waals surface area contributed by atoms with Gasteiger partial charge in [-0.15, -0.1) is 10.2 Å². The second-order valence-electron chi connectivity index (χ2n) is 4.45. The molecule has 17 heavy (non-hydrogen) atoms. The second-order valence-corrected chi connectivity index (χ2v) is 5.63. The summed E-state index contributed by atoms with van der Waals surface area (Å²) in [6.45, 7) is 12.2. The standard InChI is InChI=1S/C10H13N3OS.C2H6/c1-6-11-12-9(15-6)7-5-8(13-14-7)10(2,3)4;1-2/h5H,1-4H3;1-2H3. The number of rotatable bonds is 1. The molecular formula is C12H19N3OS. The van der Waals surface area contributed by atoms with Crippen molar-refractivity contribution >= 4 is 11.3 Å². The average Bonchev–Trinajstić information content (AvgIpc) is 2.87. The van der Waals surface area contributed by atoms with Crippen LogP contribution in [0.1, 0.15) is 45.3 Å². The number of hydrogen-bond acceptors (Lipinski definition) is 5. The van der Waals surface area contributed by atoms with E-state index in [1.807, 2.05) is 26.8 Å². The maximum Gasteiger partial charge on any atom is 0.197 e. The molecule has 0 N–H and O–H groups in total. The van der Waals surface area contributed by atoms with Crippen molar-refractivity contribution in [1.82, 2.24) is 15.4 Å². The maximum absolute atomic E-state index is 5.25. The molecule has 0 aliphatic heterocycles. The van der Waals surface area contributed by atoms with E-state index < -0.39 is 0 Å². The minimum Gasteiger partial charge on any atom is -0.353 e. The maximum atomic E-state index is 5.25. The van der Waals surface area contributed by atoms with E-state index in [0.29, 0.717) is 5.76 Å². The Morgan fingerprint density at radius 3 is 2.24 bits per heavy atom. The van der Waals surface area contributed by atoms with Crippen LogP contribution in [-0.2, 0) is 5.41 Å². The van der Waals surface area contributed by atoms with Crippen LogP contribution < -0.4 is 0 Å². The molecule has 0 aromatic carbocycles. The van der Waals surface area contributed by atoms with Crippen molar-refractivity contribution in [1.29, 1.82) is 0 Å². The van der Waals surface area contributed by atoms with Gasteiger partial charge in [0.2, 0.25) is 0 Å². The van der Waals surface area contributed by atoms with Crippen LogP contribution in [-0.4, -0.2) is 15.4 Å². The van der Waals surface area contributed by atoms with E-state index >= 15 is 0 Å². The zero-order valence-electron chi connectivity index (χ0n) is 11.2. The van der Waals surface area contributed by atoms with Gasteiger partial charge in [-0.2, -0.15) is 0 Å². The summed E-state index contributed by atoms with van der Waals surface area (Å²) in [6, 6.07) is 1.93. The van der Waals surface area contributed by atoms with Crippen molar-refractivity contribution in [3.8, 4) is 10.8 Å². The Hall–Kier alpha value is -1.23. The van der Waals surface area contributed by atoms with Crippen LogP contribution >= 0.6 is 11.3 Å². The highest BCUT2D eigenvalue weighted by atomic mass is 32.1. The SMILES string of the molecule is CC.Cc1nnc(-c2cc(C(C)(C)C)no2)s1. The third-order valence-electron chi connectivity index (χ3n) is 2.02. The molecule has 2 aromatic rings. The molecular weight excluding hydrogens is 234 g/mol. The fourth-order valence-electron chi connectivity index (χ4n) is 1.13. The summed E-state index contributed by atoms with van der Waals surface area (Å²) < 4.78 is 5.25. The van der Waals surface area contributed by atoms with Crippen molar-refractivity contribution in [2.45, 2.75) is 47.0 Å². The summed E-state index contributed by atoms with van der Waals surface area (Å²) in [5.74, 6) is 0.700. The monoisotopic (exact) mass is 253 g/mol. The largest absolute Gasteiger partial charge is 0.353 e. The number of hydrogen-bond donors (Lipinski definition) is 0. The van der Waals surface area contributed by atoms with Gasteiger partial charge in [0.15, 0.2) is 10.8 Å². The first-order chi connectivity index (χ1) is 7.97. The topological polar surface area (TPSA) is 51.8 Å². The predicted molar refractivity (Wildman–Crippen MR) is 70.2 cm³/mol. The van der Waals surface area contributed by atoms with E-state index in [1.165, 1.54) is 11.3 Å². The minimum absolute atomic E-state index is 0.00147. The summed E-state index contributed by atoms with van der Waals surface area (Å²) >= 11 is 1.51. The van der Waals surface area contributed by atoms with Crippen molar-refractivity contribution in [3.63, 3.8) is 0 Å². The fraction of sp³-hybridized carbons (Fsp3) is 0.583. The third kappa shape index (κ3) is 3.36. The normalized spacial score (nSPS) is 10.9. The van der Waals surface area contributed by atoms with E-state index in [-0.39, 0.29) is 5.41 Å². The van der Waals surface area contributed by atoms with Crippen molar-refractivity contribution in [2.75, 3.05) is 0 Å². The molecule has 0 saturated carbocycles. The molecule has 0 saturated heterocycles. The molecule has 2 rings (SSSR count). The fourth-order valence-corrected chi connectivity index (χ4v) is 1.77. The molecule has 2 aromatic heterocycles. The molecule has 0 bridgehead atoms. The van der Waals surface area contributed by atoms with E-state index in [9.17, 15) is 0 Å². The number of nitrogens with zero attached hydrogens (tertiary/aromatic N) is 3. The van der Waals surface area contributed by atoms with E-state index in [4.69, 9.17) is 4.52 Å². The lowest BCUT2D eigenvalue weighted by atomic mass is 9.92. The van der Waals surface area contributed by atoms with Gasteiger partial charge in [-0.25, -0.2) is 0 Å². The molecule has 4 nitrogen and oxygen atoms in total. The van der Waals surface area contributed by atoms with Crippen LogP contribution in [0.15, 0.2) is 10.6 Å². The van der Waals surface area contributed by atoms with Crippen molar-refractivity contribution in [2.24, 2.45) is 0 Å². The molecule has 0 fully saturated rings. The molecule has 0 unspecified atom stereocenters. The van der Waals surface area contributed by atoms with Crippen LogP contribution in [0.25, 0.3) is 10.8 Å². The summed E-state index contributed by atoms with van der Waals surface area (Å²) in [5, 5.41) is 13.7. The Morgan fingerprint density at radius 1 is 1.18 bits per heavy atom. The number of aromatic nitrogens is 3. The van der Waals surface area contributed by atoms with Crippen molar-refractivity contribution in [3.05, 3.63) is 16.8 Å². The van der Waals surface area contributed by atoms with Crippen LogP contribution in [0, 0.1) is 6.92 Å². The summed E-state index contributed by atoms with van der Waals surface area (Å²) in [5.41, 5.74) is 0.937. The van der Waals surface area contributed by atoms with Gasteiger partial charge >= 0.3 is 0 Å². The molecule has 0 aliphatic rings. The highest BCUT2D eigenvalue weighted by Crippen LogP contribution is 2.28. The van der Waals surface area contributed by atoms with Gasteiger partial charge in [0, 0.05) is 11.5 Å². The van der Waals surface area contributed by atoms with Gasteiger partial charge in [0.1, 0.15) is 5.01 Å². The molecule has 0 radical (unpaired) electrons. The van der Waals surface area contributed by atoms with Crippen LogP contribution in [0.2, 0.25) is 0 Å². The first kappa shape index (κ1) is 13.8. The first-order valence-electron chi connectivity index (χ1n) is 5.74. The lowest BCUT2D eigenvalue weighted by Gasteiger charge is -2.12. The molecule has 94 valence electrons. The smallest absolute Gasteiger partial charge is 0.197 e. The molecule has 2 heterocycles. The second kappa shape index (κ2) is 5.40. The lowest BCUT2D eigenvalue weighted by Crippen LogP contribution is -2.10. The van der Waals surface area contributed by atoms with Gasteiger partial charge in [0.05, 0.1) is 5.69 Å².